The van der Waals surface area contributed by atoms with E-state index in [1.54, 1.807) is 0 Å². The number of hydrogen-bond acceptors (Lipinski definition) is 1. The normalized spacial score (nSPS) is 12.9. The molecule has 1 aromatic heterocycles. The molecule has 1 rings (SSSR count). The fourth-order valence-electron chi connectivity index (χ4n) is 1.32. The quantitative estimate of drug-likeness (QED) is 0.685. The molecule has 0 N–H and O–H groups in total. The minimum absolute atomic E-state index is 0.161. The first kappa shape index (κ1) is 12.8. The molecule has 0 atom stereocenters. The summed E-state index contributed by atoms with van der Waals surface area (Å²) in [4.78, 5) is 3.18. The van der Waals surface area contributed by atoms with E-state index in [1.165, 1.54) is 6.92 Å². The summed E-state index contributed by atoms with van der Waals surface area (Å²) < 4.78 is 74.6. The van der Waals surface area contributed by atoms with Crippen molar-refractivity contribution in [2.75, 3.05) is 0 Å². The van der Waals surface area contributed by atoms with Gasteiger partial charge < -0.3 is 0 Å². The van der Waals surface area contributed by atoms with Crippen molar-refractivity contribution in [3.8, 4) is 0 Å². The van der Waals surface area contributed by atoms with Crippen LogP contribution in [0, 0.1) is 0 Å². The number of aryl methyl sites for hydroxylation is 1. The highest BCUT2D eigenvalue weighted by molar-refractivity contribution is 5.36. The second kappa shape index (κ2) is 3.95. The molecule has 0 aliphatic carbocycles. The lowest BCUT2D eigenvalue weighted by Gasteiger charge is -2.17. The Morgan fingerprint density at radius 3 is 1.94 bits per heavy atom. The van der Waals surface area contributed by atoms with Crippen LogP contribution >= 0.6 is 0 Å². The number of rotatable bonds is 1. The number of alkyl halides is 6. The highest BCUT2D eigenvalue weighted by Crippen LogP contribution is 2.41. The minimum atomic E-state index is -5.05. The molecule has 7 heteroatoms. The van der Waals surface area contributed by atoms with Crippen molar-refractivity contribution in [2.24, 2.45) is 0 Å². The third kappa shape index (κ3) is 2.45. The zero-order valence-electron chi connectivity index (χ0n) is 8.08. The summed E-state index contributed by atoms with van der Waals surface area (Å²) in [5.74, 6) is 0. The van der Waals surface area contributed by atoms with Gasteiger partial charge in [-0.2, -0.15) is 26.3 Å². The summed E-state index contributed by atoms with van der Waals surface area (Å²) in [7, 11) is 0. The molecule has 0 saturated heterocycles. The van der Waals surface area contributed by atoms with Crippen molar-refractivity contribution in [3.05, 3.63) is 29.1 Å². The van der Waals surface area contributed by atoms with Crippen LogP contribution in [-0.4, -0.2) is 4.98 Å². The molecule has 90 valence electrons. The molecule has 1 nitrogen and oxygen atoms in total. The zero-order chi connectivity index (χ0) is 12.6. The second-order valence-corrected chi connectivity index (χ2v) is 3.07. The van der Waals surface area contributed by atoms with Gasteiger partial charge in [0.1, 0.15) is 0 Å². The average molecular weight is 243 g/mol. The van der Waals surface area contributed by atoms with Gasteiger partial charge in [-0.05, 0) is 12.0 Å². The number of aromatic nitrogens is 1. The molecule has 0 saturated carbocycles. The first-order valence-corrected chi connectivity index (χ1v) is 4.29. The molecule has 0 radical (unpaired) electrons. The van der Waals surface area contributed by atoms with Crippen LogP contribution in [0.1, 0.15) is 23.6 Å². The molecule has 0 bridgehead atoms. The van der Waals surface area contributed by atoms with Gasteiger partial charge in [0.25, 0.3) is 0 Å². The number of halogens is 6. The lowest BCUT2D eigenvalue weighted by molar-refractivity contribution is -0.162. The zero-order valence-corrected chi connectivity index (χ0v) is 8.08. The number of hydrogen-bond donors (Lipinski definition) is 0. The van der Waals surface area contributed by atoms with Crippen LogP contribution in [-0.2, 0) is 18.8 Å². The third-order valence-corrected chi connectivity index (χ3v) is 1.99. The largest absolute Gasteiger partial charge is 0.418 e. The molecule has 16 heavy (non-hydrogen) atoms. The lowest BCUT2D eigenvalue weighted by atomic mass is 10.0. The molecular weight excluding hydrogens is 236 g/mol. The van der Waals surface area contributed by atoms with Crippen LogP contribution in [0.3, 0.4) is 0 Å². The fourth-order valence-corrected chi connectivity index (χ4v) is 1.32. The van der Waals surface area contributed by atoms with E-state index in [0.29, 0.717) is 0 Å². The van der Waals surface area contributed by atoms with E-state index in [9.17, 15) is 26.3 Å². The Morgan fingerprint density at radius 2 is 1.56 bits per heavy atom. The number of nitrogens with zero attached hydrogens (tertiary/aromatic N) is 1. The van der Waals surface area contributed by atoms with E-state index in [1.807, 2.05) is 0 Å². The standard InChI is InChI=1S/C9H7F6N/c1-2-5-3-16-4-6(8(10,11)12)7(5)9(13,14)15/h3-4H,2H2,1H3. The van der Waals surface area contributed by atoms with Gasteiger partial charge in [0, 0.05) is 12.4 Å². The molecule has 0 aliphatic rings. The maximum absolute atomic E-state index is 12.5. The van der Waals surface area contributed by atoms with Gasteiger partial charge in [0.2, 0.25) is 0 Å². The molecule has 0 unspecified atom stereocenters. The Kier molecular flexibility index (Phi) is 3.16. The summed E-state index contributed by atoms with van der Waals surface area (Å²) in [5, 5.41) is 0. The smallest absolute Gasteiger partial charge is 0.264 e. The van der Waals surface area contributed by atoms with Crippen molar-refractivity contribution < 1.29 is 26.3 Å². The van der Waals surface area contributed by atoms with Gasteiger partial charge >= 0.3 is 12.4 Å². The predicted octanol–water partition coefficient (Wildman–Crippen LogP) is 3.68. The minimum Gasteiger partial charge on any atom is -0.264 e. The Bertz CT molecular complexity index is 379. The predicted molar refractivity (Wildman–Crippen MR) is 43.6 cm³/mol. The van der Waals surface area contributed by atoms with Crippen LogP contribution in [0.5, 0.6) is 0 Å². The first-order chi connectivity index (χ1) is 7.18. The van der Waals surface area contributed by atoms with E-state index in [-0.39, 0.29) is 12.6 Å². The third-order valence-electron chi connectivity index (χ3n) is 1.99. The van der Waals surface area contributed by atoms with E-state index in [2.05, 4.69) is 4.98 Å². The van der Waals surface area contributed by atoms with Crippen molar-refractivity contribution in [1.82, 2.24) is 4.98 Å². The van der Waals surface area contributed by atoms with Crippen molar-refractivity contribution in [2.45, 2.75) is 25.7 Å². The Balaban J connectivity index is 3.51. The van der Waals surface area contributed by atoms with Gasteiger partial charge in [0.05, 0.1) is 11.1 Å². The highest BCUT2D eigenvalue weighted by Gasteiger charge is 2.44. The first-order valence-electron chi connectivity index (χ1n) is 4.29. The molecular formula is C9H7F6N. The Hall–Kier alpha value is -1.27. The maximum atomic E-state index is 12.5. The van der Waals surface area contributed by atoms with Crippen LogP contribution in [0.2, 0.25) is 0 Å². The van der Waals surface area contributed by atoms with Crippen molar-refractivity contribution >= 4 is 0 Å². The number of pyridine rings is 1. The van der Waals surface area contributed by atoms with E-state index in [4.69, 9.17) is 0 Å². The van der Waals surface area contributed by atoms with Gasteiger partial charge in [-0.1, -0.05) is 6.92 Å². The van der Waals surface area contributed by atoms with Crippen LogP contribution in [0.4, 0.5) is 26.3 Å². The molecule has 0 amide bonds. The topological polar surface area (TPSA) is 12.9 Å². The van der Waals surface area contributed by atoms with Crippen LogP contribution in [0.15, 0.2) is 12.4 Å². The van der Waals surface area contributed by atoms with E-state index < -0.39 is 29.0 Å². The van der Waals surface area contributed by atoms with Gasteiger partial charge in [-0.3, -0.25) is 4.98 Å². The van der Waals surface area contributed by atoms with E-state index >= 15 is 0 Å². The van der Waals surface area contributed by atoms with Crippen molar-refractivity contribution in [1.29, 1.82) is 0 Å². The fraction of sp³-hybridized carbons (Fsp3) is 0.444. The molecule has 0 fully saturated rings. The summed E-state index contributed by atoms with van der Waals surface area (Å²) >= 11 is 0. The van der Waals surface area contributed by atoms with Crippen molar-refractivity contribution in [3.63, 3.8) is 0 Å². The highest BCUT2D eigenvalue weighted by atomic mass is 19.4. The molecule has 0 aromatic carbocycles. The molecule has 0 spiro atoms. The second-order valence-electron chi connectivity index (χ2n) is 3.07. The Labute approximate surface area is 87.1 Å². The average Bonchev–Trinajstić information content (AvgIpc) is 2.13. The summed E-state index contributed by atoms with van der Waals surface area (Å²) in [6.45, 7) is 1.34. The monoisotopic (exact) mass is 243 g/mol. The van der Waals surface area contributed by atoms with Gasteiger partial charge in [0.15, 0.2) is 0 Å². The summed E-state index contributed by atoms with van der Waals surface area (Å²) in [5.41, 5.74) is -3.83. The lowest BCUT2D eigenvalue weighted by Crippen LogP contribution is -2.19. The van der Waals surface area contributed by atoms with E-state index in [0.717, 1.165) is 6.20 Å². The SMILES string of the molecule is CCc1cncc(C(F)(F)F)c1C(F)(F)F. The summed E-state index contributed by atoms with van der Waals surface area (Å²) in [6.07, 6.45) is -9.24. The van der Waals surface area contributed by atoms with Crippen LogP contribution < -0.4 is 0 Å². The van der Waals surface area contributed by atoms with Gasteiger partial charge in [-0.15, -0.1) is 0 Å². The maximum Gasteiger partial charge on any atom is 0.418 e. The van der Waals surface area contributed by atoms with Crippen LogP contribution in [0.25, 0.3) is 0 Å². The Morgan fingerprint density at radius 1 is 1.00 bits per heavy atom. The molecule has 1 heterocycles. The summed E-state index contributed by atoms with van der Waals surface area (Å²) in [6, 6.07) is 0. The van der Waals surface area contributed by atoms with Gasteiger partial charge in [-0.25, -0.2) is 0 Å². The molecule has 0 aliphatic heterocycles. The molecule has 1 aromatic rings.